The molecule has 2 heteroatoms. The molecule has 0 amide bonds. The zero-order chi connectivity index (χ0) is 10.3. The molecule has 86 valence electrons. The van der Waals surface area contributed by atoms with Gasteiger partial charge in [0.1, 0.15) is 0 Å². The number of rotatable bonds is 2. The van der Waals surface area contributed by atoms with Crippen LogP contribution in [0.5, 0.6) is 0 Å². The molecule has 15 heavy (non-hydrogen) atoms. The highest BCUT2D eigenvalue weighted by molar-refractivity contribution is 4.95. The minimum absolute atomic E-state index is 0.825. The normalized spacial score (nSPS) is 42.6. The van der Waals surface area contributed by atoms with E-state index in [4.69, 9.17) is 0 Å². The molecule has 0 aromatic heterocycles. The smallest absolute Gasteiger partial charge is 0.0101 e. The molecule has 1 heterocycles. The molecule has 3 rings (SSSR count). The van der Waals surface area contributed by atoms with Gasteiger partial charge in [-0.2, -0.15) is 0 Å². The van der Waals surface area contributed by atoms with Crippen LogP contribution in [0, 0.1) is 11.8 Å². The Morgan fingerprint density at radius 2 is 1.80 bits per heavy atom. The molecular weight excluding hydrogens is 184 g/mol. The van der Waals surface area contributed by atoms with E-state index in [1.807, 2.05) is 0 Å². The Labute approximate surface area is 93.4 Å². The number of nitrogens with zero attached hydrogens (tertiary/aromatic N) is 1. The number of nitrogens with one attached hydrogen (secondary N) is 1. The molecule has 0 aromatic rings. The lowest BCUT2D eigenvalue weighted by molar-refractivity contribution is 0.209. The van der Waals surface area contributed by atoms with Gasteiger partial charge in [0.15, 0.2) is 0 Å². The molecule has 0 aromatic carbocycles. The van der Waals surface area contributed by atoms with Gasteiger partial charge in [0, 0.05) is 12.1 Å². The van der Waals surface area contributed by atoms with Gasteiger partial charge in [-0.1, -0.05) is 6.42 Å². The highest BCUT2D eigenvalue weighted by Gasteiger charge is 2.40. The first-order valence-electron chi connectivity index (χ1n) is 6.76. The van der Waals surface area contributed by atoms with Crippen LogP contribution in [0.1, 0.15) is 38.5 Å². The highest BCUT2D eigenvalue weighted by Crippen LogP contribution is 2.44. The lowest BCUT2D eigenvalue weighted by Gasteiger charge is -2.34. The Morgan fingerprint density at radius 3 is 2.40 bits per heavy atom. The van der Waals surface area contributed by atoms with E-state index >= 15 is 0 Å². The number of hydrogen-bond acceptors (Lipinski definition) is 2. The number of hydrogen-bond donors (Lipinski definition) is 1. The fourth-order valence-corrected chi connectivity index (χ4v) is 3.93. The first-order chi connectivity index (χ1) is 7.31. The van der Waals surface area contributed by atoms with Gasteiger partial charge in [0.05, 0.1) is 0 Å². The summed E-state index contributed by atoms with van der Waals surface area (Å²) in [7, 11) is 2.24. The van der Waals surface area contributed by atoms with Crippen LogP contribution in [0.3, 0.4) is 0 Å². The van der Waals surface area contributed by atoms with Crippen LogP contribution in [0.25, 0.3) is 0 Å². The second-order valence-electron chi connectivity index (χ2n) is 6.03. The average molecular weight is 208 g/mol. The first kappa shape index (κ1) is 10.1. The summed E-state index contributed by atoms with van der Waals surface area (Å²) in [5.74, 6) is 2.12. The molecule has 1 aliphatic heterocycles. The summed E-state index contributed by atoms with van der Waals surface area (Å²) in [6.07, 6.45) is 8.78. The summed E-state index contributed by atoms with van der Waals surface area (Å²) in [5.41, 5.74) is 0. The minimum atomic E-state index is 0.825. The molecule has 2 bridgehead atoms. The van der Waals surface area contributed by atoms with Crippen LogP contribution in [-0.2, 0) is 0 Å². The molecule has 3 atom stereocenters. The maximum atomic E-state index is 3.94. The predicted molar refractivity (Wildman–Crippen MR) is 62.9 cm³/mol. The van der Waals surface area contributed by atoms with E-state index in [1.165, 1.54) is 51.6 Å². The van der Waals surface area contributed by atoms with Gasteiger partial charge in [-0.3, -0.25) is 0 Å². The molecule has 3 fully saturated rings. The molecule has 0 unspecified atom stereocenters. The largest absolute Gasteiger partial charge is 0.311 e. The van der Waals surface area contributed by atoms with Crippen LogP contribution in [-0.4, -0.2) is 37.1 Å². The van der Waals surface area contributed by atoms with E-state index in [0.29, 0.717) is 0 Å². The van der Waals surface area contributed by atoms with Crippen molar-refractivity contribution in [1.82, 2.24) is 10.2 Å². The summed E-state index contributed by atoms with van der Waals surface area (Å²) < 4.78 is 0. The van der Waals surface area contributed by atoms with Crippen molar-refractivity contribution in [2.24, 2.45) is 11.8 Å². The minimum Gasteiger partial charge on any atom is -0.311 e. The van der Waals surface area contributed by atoms with Gasteiger partial charge >= 0.3 is 0 Å². The summed E-state index contributed by atoms with van der Waals surface area (Å²) in [5, 5.41) is 3.94. The third kappa shape index (κ3) is 2.07. The average Bonchev–Trinajstić information content (AvgIpc) is 2.83. The molecule has 1 N–H and O–H groups in total. The Morgan fingerprint density at radius 1 is 1.00 bits per heavy atom. The van der Waals surface area contributed by atoms with Crippen LogP contribution >= 0.6 is 0 Å². The van der Waals surface area contributed by atoms with E-state index in [9.17, 15) is 0 Å². The van der Waals surface area contributed by atoms with Crippen molar-refractivity contribution < 1.29 is 0 Å². The van der Waals surface area contributed by atoms with E-state index < -0.39 is 0 Å². The van der Waals surface area contributed by atoms with Crippen LogP contribution < -0.4 is 5.32 Å². The second-order valence-corrected chi connectivity index (χ2v) is 6.03. The zero-order valence-corrected chi connectivity index (χ0v) is 9.91. The summed E-state index contributed by atoms with van der Waals surface area (Å²) in [6.45, 7) is 2.58. The second kappa shape index (κ2) is 4.06. The first-order valence-corrected chi connectivity index (χ1v) is 6.76. The van der Waals surface area contributed by atoms with Crippen molar-refractivity contribution in [2.75, 3.05) is 20.1 Å². The topological polar surface area (TPSA) is 15.3 Å². The SMILES string of the molecule is CN1CCC(N[C@@H]2C[C@H]3CC[C@H]2C3)CC1. The standard InChI is InChI=1S/C13H24N2/c1-15-6-4-12(5-7-15)14-13-9-10-2-3-11(13)8-10/h10-14H,2-9H2,1H3/t10-,11-,13+/m0/s1. The maximum Gasteiger partial charge on any atom is 0.0101 e. The molecule has 2 nitrogen and oxygen atoms in total. The van der Waals surface area contributed by atoms with Crippen LogP contribution in [0.4, 0.5) is 0 Å². The monoisotopic (exact) mass is 208 g/mol. The van der Waals surface area contributed by atoms with Crippen molar-refractivity contribution in [3.05, 3.63) is 0 Å². The molecule has 0 spiro atoms. The molecule has 3 aliphatic rings. The number of fused-ring (bicyclic) bond motifs is 2. The van der Waals surface area contributed by atoms with E-state index in [-0.39, 0.29) is 0 Å². The van der Waals surface area contributed by atoms with Gasteiger partial charge in [0.25, 0.3) is 0 Å². The number of piperidine rings is 1. The van der Waals surface area contributed by atoms with Crippen molar-refractivity contribution in [2.45, 2.75) is 50.6 Å². The molecular formula is C13H24N2. The van der Waals surface area contributed by atoms with E-state index in [2.05, 4.69) is 17.3 Å². The Kier molecular flexibility index (Phi) is 2.73. The van der Waals surface area contributed by atoms with Gasteiger partial charge in [-0.15, -0.1) is 0 Å². The molecule has 0 radical (unpaired) electrons. The quantitative estimate of drug-likeness (QED) is 0.745. The third-order valence-electron chi connectivity index (χ3n) is 4.91. The molecule has 2 saturated carbocycles. The van der Waals surface area contributed by atoms with E-state index in [0.717, 1.165) is 23.9 Å². The summed E-state index contributed by atoms with van der Waals surface area (Å²) >= 11 is 0. The lowest BCUT2D eigenvalue weighted by atomic mass is 9.93. The van der Waals surface area contributed by atoms with Crippen LogP contribution in [0.15, 0.2) is 0 Å². The van der Waals surface area contributed by atoms with Gasteiger partial charge < -0.3 is 10.2 Å². The van der Waals surface area contributed by atoms with Crippen molar-refractivity contribution in [3.8, 4) is 0 Å². The zero-order valence-electron chi connectivity index (χ0n) is 9.91. The van der Waals surface area contributed by atoms with Gasteiger partial charge in [-0.05, 0) is 64.1 Å². The van der Waals surface area contributed by atoms with Crippen LogP contribution in [0.2, 0.25) is 0 Å². The Balaban J connectivity index is 1.49. The third-order valence-corrected chi connectivity index (χ3v) is 4.91. The number of likely N-dealkylation sites (tertiary alicyclic amines) is 1. The maximum absolute atomic E-state index is 3.94. The Hall–Kier alpha value is -0.0800. The highest BCUT2D eigenvalue weighted by atomic mass is 15.1. The fourth-order valence-electron chi connectivity index (χ4n) is 3.93. The van der Waals surface area contributed by atoms with E-state index in [1.54, 1.807) is 0 Å². The Bertz CT molecular complexity index is 221. The predicted octanol–water partition coefficient (Wildman–Crippen LogP) is 1.86. The lowest BCUT2D eigenvalue weighted by Crippen LogP contribution is -2.46. The van der Waals surface area contributed by atoms with Gasteiger partial charge in [0.2, 0.25) is 0 Å². The fraction of sp³-hybridized carbons (Fsp3) is 1.00. The molecule has 2 aliphatic carbocycles. The van der Waals surface area contributed by atoms with Crippen molar-refractivity contribution >= 4 is 0 Å². The molecule has 1 saturated heterocycles. The van der Waals surface area contributed by atoms with Crippen molar-refractivity contribution in [3.63, 3.8) is 0 Å². The summed E-state index contributed by atoms with van der Waals surface area (Å²) in [4.78, 5) is 2.46. The van der Waals surface area contributed by atoms with Gasteiger partial charge in [-0.25, -0.2) is 0 Å². The summed E-state index contributed by atoms with van der Waals surface area (Å²) in [6, 6.07) is 1.71. The van der Waals surface area contributed by atoms with Crippen molar-refractivity contribution in [1.29, 1.82) is 0 Å².